The van der Waals surface area contributed by atoms with Gasteiger partial charge >= 0.3 is 218 Å². The quantitative estimate of drug-likeness (QED) is 0.453. The van der Waals surface area contributed by atoms with Gasteiger partial charge in [-0.05, 0) is 0 Å². The fourth-order valence-corrected chi connectivity index (χ4v) is 27.6. The van der Waals surface area contributed by atoms with Crippen molar-refractivity contribution in [3.63, 3.8) is 0 Å². The maximum absolute atomic E-state index is 2.64. The standard InChI is InChI=1S/2C15H19.C2H6Si.2ClH.Zr/c2*1-10-8-12-11(2)6-7-14(13(12)9-10)15(3,4)5;1-3-2;;;/h2*6-9H,1-5H3;1-2H3;2*1H;/q;;;;;+2/p-2. The first kappa shape index (κ1) is 31.8. The Bertz CT molecular complexity index is 1190. The van der Waals surface area contributed by atoms with Gasteiger partial charge in [-0.2, -0.15) is 0 Å². The Morgan fingerprint density at radius 3 is 1.22 bits per heavy atom. The average Bonchev–Trinajstić information content (AvgIpc) is 3.19. The Morgan fingerprint density at radius 2 is 0.944 bits per heavy atom. The molecule has 2 aromatic carbocycles. The maximum Gasteiger partial charge on any atom is -1.00 e. The number of aryl methyl sites for hydroxylation is 2. The van der Waals surface area contributed by atoms with Gasteiger partial charge in [0.05, 0.1) is 0 Å². The third kappa shape index (κ3) is 5.36. The predicted octanol–water partition coefficient (Wildman–Crippen LogP) is 3.39. The molecule has 0 fully saturated rings. The zero-order valence-electron chi connectivity index (χ0n) is 24.4. The van der Waals surface area contributed by atoms with E-state index in [9.17, 15) is 0 Å². The van der Waals surface area contributed by atoms with Crippen LogP contribution < -0.4 is 24.8 Å². The first-order chi connectivity index (χ1) is 15.6. The van der Waals surface area contributed by atoms with E-state index in [0.717, 1.165) is 0 Å². The average molecular weight is 619 g/mol. The van der Waals surface area contributed by atoms with E-state index < -0.39 is 25.8 Å². The largest absolute Gasteiger partial charge is 1.00 e. The van der Waals surface area contributed by atoms with Crippen molar-refractivity contribution in [2.75, 3.05) is 0 Å². The summed E-state index contributed by atoms with van der Waals surface area (Å²) in [6, 6.07) is 9.66. The van der Waals surface area contributed by atoms with Crippen LogP contribution in [0.5, 0.6) is 0 Å². The second kappa shape index (κ2) is 11.0. The van der Waals surface area contributed by atoms with Crippen molar-refractivity contribution in [2.45, 2.75) is 100 Å². The molecule has 4 rings (SSSR count). The van der Waals surface area contributed by atoms with Crippen LogP contribution in [0.4, 0.5) is 0 Å². The molecular formula is C32H44Cl2SiZr. The Balaban J connectivity index is 0.00000228. The SMILES string of the molecule is CC1=Cc2c(C(C)(C)C)ccc(C)c2[CH]1[Zr+2]([CH]1C(C)=Cc2c(C(C)(C)C)ccc(C)c21)=[Si](C)C.[Cl-].[Cl-]. The molecule has 0 aliphatic heterocycles. The molecule has 0 radical (unpaired) electrons. The minimum Gasteiger partial charge on any atom is -1.00 e. The van der Waals surface area contributed by atoms with Crippen molar-refractivity contribution in [3.8, 4) is 0 Å². The summed E-state index contributed by atoms with van der Waals surface area (Å²) in [4.78, 5) is 0. The Labute approximate surface area is 241 Å². The zero-order valence-corrected chi connectivity index (χ0v) is 29.3. The van der Waals surface area contributed by atoms with E-state index in [0.29, 0.717) is 7.25 Å². The van der Waals surface area contributed by atoms with Crippen molar-refractivity contribution >= 4 is 17.6 Å². The number of allylic oxidation sites excluding steroid dienone is 2. The molecule has 4 heteroatoms. The zero-order chi connectivity index (χ0) is 25.3. The topological polar surface area (TPSA) is 0 Å². The van der Waals surface area contributed by atoms with Crippen LogP contribution in [0, 0.1) is 13.8 Å². The van der Waals surface area contributed by atoms with Crippen LogP contribution in [-0.4, -0.2) is 5.43 Å². The van der Waals surface area contributed by atoms with Crippen molar-refractivity contribution in [1.82, 2.24) is 0 Å². The summed E-state index contributed by atoms with van der Waals surface area (Å²) in [5, 5.41) is 0. The second-order valence-corrected chi connectivity index (χ2v) is 31.0. The van der Waals surface area contributed by atoms with E-state index in [1.165, 1.54) is 22.3 Å². The van der Waals surface area contributed by atoms with Crippen molar-refractivity contribution < 1.29 is 45.2 Å². The van der Waals surface area contributed by atoms with E-state index >= 15 is 0 Å². The van der Waals surface area contributed by atoms with E-state index in [1.807, 2.05) is 0 Å². The third-order valence-electron chi connectivity index (χ3n) is 8.06. The minimum atomic E-state index is -2.03. The summed E-state index contributed by atoms with van der Waals surface area (Å²) in [5.41, 5.74) is 15.9. The van der Waals surface area contributed by atoms with E-state index in [4.69, 9.17) is 0 Å². The molecule has 2 aliphatic carbocycles. The molecule has 0 saturated carbocycles. The maximum atomic E-state index is 2.64. The number of rotatable bonds is 2. The third-order valence-corrected chi connectivity index (χ3v) is 27.9. The molecule has 2 atom stereocenters. The molecule has 2 unspecified atom stereocenters. The number of benzene rings is 2. The molecule has 2 aliphatic rings. The van der Waals surface area contributed by atoms with Crippen LogP contribution in [0.2, 0.25) is 13.1 Å². The van der Waals surface area contributed by atoms with Gasteiger partial charge in [-0.1, -0.05) is 0 Å². The first-order valence-electron chi connectivity index (χ1n) is 13.0. The van der Waals surface area contributed by atoms with Gasteiger partial charge in [0, 0.05) is 0 Å². The Kier molecular flexibility index (Phi) is 9.72. The number of hydrogen-bond acceptors (Lipinski definition) is 0. The molecule has 194 valence electrons. The van der Waals surface area contributed by atoms with Gasteiger partial charge in [0.2, 0.25) is 0 Å². The first-order valence-corrected chi connectivity index (χ1v) is 22.0. The van der Waals surface area contributed by atoms with Crippen LogP contribution >= 0.6 is 0 Å². The minimum absolute atomic E-state index is 0. The van der Waals surface area contributed by atoms with Crippen LogP contribution in [0.15, 0.2) is 35.4 Å². The fraction of sp³-hybridized carbons (Fsp3) is 0.500. The normalized spacial score (nSPS) is 18.2. The summed E-state index contributed by atoms with van der Waals surface area (Å²) in [6.07, 6.45) is 5.18. The van der Waals surface area contributed by atoms with E-state index in [-0.39, 0.29) is 35.6 Å². The molecular weight excluding hydrogens is 575 g/mol. The van der Waals surface area contributed by atoms with Crippen LogP contribution in [0.3, 0.4) is 0 Å². The van der Waals surface area contributed by atoms with Gasteiger partial charge in [0.1, 0.15) is 0 Å². The monoisotopic (exact) mass is 616 g/mol. The van der Waals surface area contributed by atoms with Gasteiger partial charge < -0.3 is 24.8 Å². The van der Waals surface area contributed by atoms with Crippen LogP contribution in [-0.2, 0) is 31.2 Å². The number of hydrogen-bond donors (Lipinski definition) is 0. The van der Waals surface area contributed by atoms with E-state index in [1.54, 1.807) is 33.4 Å². The van der Waals surface area contributed by atoms with Gasteiger partial charge in [-0.25, -0.2) is 0 Å². The van der Waals surface area contributed by atoms with Crippen molar-refractivity contribution in [2.24, 2.45) is 0 Å². The summed E-state index contributed by atoms with van der Waals surface area (Å²) in [6.45, 7) is 29.2. The molecule has 36 heavy (non-hydrogen) atoms. The summed E-state index contributed by atoms with van der Waals surface area (Å²) in [7, 11) is 0. The molecule has 2 aromatic rings. The van der Waals surface area contributed by atoms with Gasteiger partial charge in [-0.15, -0.1) is 0 Å². The van der Waals surface area contributed by atoms with Gasteiger partial charge in [-0.3, -0.25) is 0 Å². The van der Waals surface area contributed by atoms with Gasteiger partial charge in [0.15, 0.2) is 0 Å². The molecule has 0 saturated heterocycles. The molecule has 0 N–H and O–H groups in total. The molecule has 0 nitrogen and oxygen atoms in total. The van der Waals surface area contributed by atoms with Crippen molar-refractivity contribution in [1.29, 1.82) is 0 Å². The van der Waals surface area contributed by atoms with Crippen LogP contribution in [0.1, 0.15) is 107 Å². The number of halogens is 2. The molecule has 0 amide bonds. The summed E-state index contributed by atoms with van der Waals surface area (Å²) < 4.78 is 1.42. The molecule has 0 heterocycles. The molecule has 0 bridgehead atoms. The Hall–Kier alpha value is -0.400. The summed E-state index contributed by atoms with van der Waals surface area (Å²) in [5.74, 6) is 0. The smallest absolute Gasteiger partial charge is 1.00 e. The number of fused-ring (bicyclic) bond motifs is 2. The van der Waals surface area contributed by atoms with E-state index in [2.05, 4.69) is 119 Å². The predicted molar refractivity (Wildman–Crippen MR) is 150 cm³/mol. The Morgan fingerprint density at radius 1 is 0.611 bits per heavy atom. The van der Waals surface area contributed by atoms with Crippen molar-refractivity contribution in [3.05, 3.63) is 79.9 Å². The molecule has 0 aromatic heterocycles. The second-order valence-electron chi connectivity index (χ2n) is 13.1. The fourth-order valence-electron chi connectivity index (χ4n) is 6.50. The van der Waals surface area contributed by atoms with Crippen LogP contribution in [0.25, 0.3) is 12.2 Å². The molecule has 0 spiro atoms. The van der Waals surface area contributed by atoms with Gasteiger partial charge in [0.25, 0.3) is 0 Å². The summed E-state index contributed by atoms with van der Waals surface area (Å²) >= 11 is -2.03.